The van der Waals surface area contributed by atoms with Gasteiger partial charge >= 0.3 is 0 Å². The second kappa shape index (κ2) is 4.52. The molecular formula is C13H14N6S. The molecule has 0 N–H and O–H groups in total. The van der Waals surface area contributed by atoms with Crippen LogP contribution in [0, 0.1) is 0 Å². The highest BCUT2D eigenvalue weighted by Gasteiger charge is 2.23. The van der Waals surface area contributed by atoms with Crippen LogP contribution in [0.4, 0.5) is 5.82 Å². The number of thiophene rings is 1. The van der Waals surface area contributed by atoms with Gasteiger partial charge in [0, 0.05) is 19.5 Å². The first-order chi connectivity index (χ1) is 9.86. The van der Waals surface area contributed by atoms with E-state index in [-0.39, 0.29) is 0 Å². The average Bonchev–Trinajstić information content (AvgIpc) is 3.12. The van der Waals surface area contributed by atoms with E-state index in [0.29, 0.717) is 0 Å². The Balaban J connectivity index is 1.73. The summed E-state index contributed by atoms with van der Waals surface area (Å²) >= 11 is 1.69. The van der Waals surface area contributed by atoms with Gasteiger partial charge < -0.3 is 9.47 Å². The minimum Gasteiger partial charge on any atom is -0.346 e. The minimum absolute atomic E-state index is 0.761. The maximum Gasteiger partial charge on any atom is 0.152 e. The molecule has 0 radical (unpaired) electrons. The van der Waals surface area contributed by atoms with Crippen molar-refractivity contribution in [3.8, 4) is 0 Å². The van der Waals surface area contributed by atoms with Crippen LogP contribution >= 0.6 is 11.3 Å². The third-order valence-corrected chi connectivity index (χ3v) is 4.57. The van der Waals surface area contributed by atoms with Crippen molar-refractivity contribution in [3.63, 3.8) is 0 Å². The van der Waals surface area contributed by atoms with E-state index >= 15 is 0 Å². The van der Waals surface area contributed by atoms with Crippen LogP contribution in [0.15, 0.2) is 17.8 Å². The smallest absolute Gasteiger partial charge is 0.152 e. The van der Waals surface area contributed by atoms with E-state index in [1.807, 2.05) is 6.07 Å². The third kappa shape index (κ3) is 1.70. The fourth-order valence-corrected chi connectivity index (χ4v) is 3.52. The molecule has 0 fully saturated rings. The van der Waals surface area contributed by atoms with Crippen LogP contribution in [0.25, 0.3) is 10.2 Å². The average molecular weight is 286 g/mol. The van der Waals surface area contributed by atoms with Crippen LogP contribution in [0.2, 0.25) is 0 Å². The van der Waals surface area contributed by atoms with E-state index < -0.39 is 0 Å². The highest BCUT2D eigenvalue weighted by atomic mass is 32.1. The standard InChI is InChI=1S/C13H14N6S/c1-2-10-16-17-11-7-18(4-5-19(10)11)13-12-9(3-6-20-12)14-8-15-13/h3,6,8H,2,4-5,7H2,1H3. The Bertz CT molecular complexity index is 761. The van der Waals surface area contributed by atoms with Crippen LogP contribution in [0.1, 0.15) is 18.6 Å². The first-order valence-electron chi connectivity index (χ1n) is 6.71. The number of fused-ring (bicyclic) bond motifs is 2. The molecule has 0 spiro atoms. The summed E-state index contributed by atoms with van der Waals surface area (Å²) in [4.78, 5) is 11.0. The van der Waals surface area contributed by atoms with Crippen molar-refractivity contribution in [2.75, 3.05) is 11.4 Å². The van der Waals surface area contributed by atoms with Crippen molar-refractivity contribution in [1.29, 1.82) is 0 Å². The minimum atomic E-state index is 0.761. The number of anilines is 1. The van der Waals surface area contributed by atoms with Gasteiger partial charge in [-0.2, -0.15) is 0 Å². The van der Waals surface area contributed by atoms with Crippen molar-refractivity contribution < 1.29 is 0 Å². The van der Waals surface area contributed by atoms with Gasteiger partial charge in [0.25, 0.3) is 0 Å². The Kier molecular flexibility index (Phi) is 2.66. The lowest BCUT2D eigenvalue weighted by atomic mass is 10.3. The zero-order chi connectivity index (χ0) is 13.5. The Morgan fingerprint density at radius 2 is 2.20 bits per heavy atom. The molecule has 0 saturated heterocycles. The van der Waals surface area contributed by atoms with E-state index in [4.69, 9.17) is 0 Å². The molecule has 1 aliphatic rings. The zero-order valence-electron chi connectivity index (χ0n) is 11.2. The molecule has 0 saturated carbocycles. The van der Waals surface area contributed by atoms with Crippen molar-refractivity contribution in [1.82, 2.24) is 24.7 Å². The summed E-state index contributed by atoms with van der Waals surface area (Å²) in [6, 6.07) is 2.03. The molecule has 0 unspecified atom stereocenters. The lowest BCUT2D eigenvalue weighted by molar-refractivity contribution is 0.542. The second-order valence-corrected chi connectivity index (χ2v) is 5.71. The predicted molar refractivity (Wildman–Crippen MR) is 77.9 cm³/mol. The number of nitrogens with zero attached hydrogens (tertiary/aromatic N) is 6. The Hall–Kier alpha value is -2.02. The van der Waals surface area contributed by atoms with E-state index in [1.54, 1.807) is 17.7 Å². The highest BCUT2D eigenvalue weighted by molar-refractivity contribution is 7.17. The first kappa shape index (κ1) is 11.8. The lowest BCUT2D eigenvalue weighted by Crippen LogP contribution is -2.35. The normalized spacial score (nSPS) is 14.8. The maximum atomic E-state index is 4.47. The van der Waals surface area contributed by atoms with Gasteiger partial charge in [0.2, 0.25) is 0 Å². The molecule has 3 aromatic rings. The van der Waals surface area contributed by atoms with Gasteiger partial charge in [-0.05, 0) is 11.4 Å². The van der Waals surface area contributed by atoms with Gasteiger partial charge in [-0.1, -0.05) is 6.92 Å². The van der Waals surface area contributed by atoms with Crippen molar-refractivity contribution in [2.45, 2.75) is 26.4 Å². The lowest BCUT2D eigenvalue weighted by Gasteiger charge is -2.28. The highest BCUT2D eigenvalue weighted by Crippen LogP contribution is 2.29. The largest absolute Gasteiger partial charge is 0.346 e. The summed E-state index contributed by atoms with van der Waals surface area (Å²) in [6.45, 7) is 4.73. The molecule has 7 heteroatoms. The van der Waals surface area contributed by atoms with Crippen LogP contribution in [0.3, 0.4) is 0 Å². The monoisotopic (exact) mass is 286 g/mol. The molecule has 1 aliphatic heterocycles. The van der Waals surface area contributed by atoms with Crippen molar-refractivity contribution in [2.24, 2.45) is 0 Å². The van der Waals surface area contributed by atoms with Gasteiger partial charge in [-0.3, -0.25) is 0 Å². The molecule has 4 rings (SSSR count). The molecule has 20 heavy (non-hydrogen) atoms. The fourth-order valence-electron chi connectivity index (χ4n) is 2.66. The second-order valence-electron chi connectivity index (χ2n) is 4.79. The number of hydrogen-bond acceptors (Lipinski definition) is 6. The van der Waals surface area contributed by atoms with Crippen LogP contribution in [0.5, 0.6) is 0 Å². The molecule has 0 aromatic carbocycles. The number of hydrogen-bond donors (Lipinski definition) is 0. The Labute approximate surface area is 120 Å². The van der Waals surface area contributed by atoms with Crippen LogP contribution in [-0.2, 0) is 19.5 Å². The van der Waals surface area contributed by atoms with E-state index in [1.165, 1.54) is 0 Å². The molecule has 6 nitrogen and oxygen atoms in total. The van der Waals surface area contributed by atoms with Gasteiger partial charge in [-0.25, -0.2) is 9.97 Å². The topological polar surface area (TPSA) is 59.7 Å². The number of aromatic nitrogens is 5. The summed E-state index contributed by atoms with van der Waals surface area (Å²) < 4.78 is 3.37. The first-order valence-corrected chi connectivity index (χ1v) is 7.59. The molecule has 0 bridgehead atoms. The molecule has 0 amide bonds. The molecular weight excluding hydrogens is 272 g/mol. The van der Waals surface area contributed by atoms with Gasteiger partial charge in [0.05, 0.1) is 16.8 Å². The predicted octanol–water partition coefficient (Wildman–Crippen LogP) is 1.87. The summed E-state index contributed by atoms with van der Waals surface area (Å²) in [5.41, 5.74) is 1.02. The van der Waals surface area contributed by atoms with Crippen molar-refractivity contribution >= 4 is 27.4 Å². The molecule has 0 atom stereocenters. The van der Waals surface area contributed by atoms with Gasteiger partial charge in [0.1, 0.15) is 18.0 Å². The molecule has 3 aromatic heterocycles. The van der Waals surface area contributed by atoms with E-state index in [0.717, 1.165) is 53.7 Å². The SMILES string of the molecule is CCc1nnc2n1CCN(c1ncnc3ccsc13)C2. The maximum absolute atomic E-state index is 4.47. The molecule has 4 heterocycles. The molecule has 102 valence electrons. The number of aryl methyl sites for hydroxylation is 1. The quantitative estimate of drug-likeness (QED) is 0.719. The van der Waals surface area contributed by atoms with Gasteiger partial charge in [-0.15, -0.1) is 21.5 Å². The van der Waals surface area contributed by atoms with E-state index in [9.17, 15) is 0 Å². The Morgan fingerprint density at radius 1 is 1.25 bits per heavy atom. The van der Waals surface area contributed by atoms with Crippen LogP contribution in [-0.4, -0.2) is 31.3 Å². The zero-order valence-corrected chi connectivity index (χ0v) is 12.0. The number of rotatable bonds is 2. The summed E-state index contributed by atoms with van der Waals surface area (Å²) in [6.07, 6.45) is 2.57. The van der Waals surface area contributed by atoms with Crippen molar-refractivity contribution in [3.05, 3.63) is 29.4 Å². The summed E-state index contributed by atoms with van der Waals surface area (Å²) in [7, 11) is 0. The fraction of sp³-hybridized carbons (Fsp3) is 0.385. The Morgan fingerprint density at radius 3 is 3.10 bits per heavy atom. The third-order valence-electron chi connectivity index (χ3n) is 3.67. The van der Waals surface area contributed by atoms with Crippen LogP contribution < -0.4 is 4.90 Å². The van der Waals surface area contributed by atoms with E-state index in [2.05, 4.69) is 41.9 Å². The summed E-state index contributed by atoms with van der Waals surface area (Å²) in [5.74, 6) is 3.11. The van der Waals surface area contributed by atoms with Gasteiger partial charge in [0.15, 0.2) is 5.82 Å². The summed E-state index contributed by atoms with van der Waals surface area (Å²) in [5, 5.41) is 10.6. The molecule has 0 aliphatic carbocycles.